The molecule has 3 rings (SSSR count). The summed E-state index contributed by atoms with van der Waals surface area (Å²) in [5, 5.41) is 20.4. The molecular formula is C12H18N6O. The second-order valence-electron chi connectivity index (χ2n) is 4.87. The first-order valence-corrected chi connectivity index (χ1v) is 6.47. The van der Waals surface area contributed by atoms with Crippen molar-refractivity contribution in [2.45, 2.75) is 12.5 Å². The summed E-state index contributed by atoms with van der Waals surface area (Å²) in [6.07, 6.45) is 2.31. The number of nitrogens with one attached hydrogen (secondary N) is 2. The van der Waals surface area contributed by atoms with Crippen molar-refractivity contribution in [2.75, 3.05) is 30.7 Å². The number of aromatic nitrogens is 3. The Labute approximate surface area is 110 Å². The van der Waals surface area contributed by atoms with Gasteiger partial charge in [0, 0.05) is 31.1 Å². The molecule has 2 aromatic heterocycles. The minimum atomic E-state index is -0.308. The lowest BCUT2D eigenvalue weighted by Crippen LogP contribution is -2.43. The molecule has 0 spiro atoms. The fraction of sp³-hybridized carbons (Fsp3) is 0.500. The third-order valence-electron chi connectivity index (χ3n) is 3.52. The van der Waals surface area contributed by atoms with Gasteiger partial charge in [-0.25, -0.2) is 4.98 Å². The van der Waals surface area contributed by atoms with Crippen molar-refractivity contribution in [3.8, 4) is 0 Å². The molecule has 0 saturated carbocycles. The number of nitrogens with zero attached hydrogens (tertiary/aromatic N) is 3. The largest absolute Gasteiger partial charge is 0.391 e. The number of piperidine rings is 1. The van der Waals surface area contributed by atoms with Gasteiger partial charge in [-0.15, -0.1) is 0 Å². The van der Waals surface area contributed by atoms with Crippen molar-refractivity contribution in [1.82, 2.24) is 19.9 Å². The highest BCUT2D eigenvalue weighted by molar-refractivity contribution is 5.54. The lowest BCUT2D eigenvalue weighted by Gasteiger charge is -2.28. The van der Waals surface area contributed by atoms with Gasteiger partial charge in [-0.2, -0.15) is 9.61 Å². The molecule has 1 saturated heterocycles. The van der Waals surface area contributed by atoms with Crippen LogP contribution >= 0.6 is 0 Å². The van der Waals surface area contributed by atoms with Crippen LogP contribution in [0.15, 0.2) is 18.3 Å². The molecule has 0 bridgehead atoms. The number of anilines is 2. The minimum Gasteiger partial charge on any atom is -0.391 e. The Morgan fingerprint density at radius 2 is 2.47 bits per heavy atom. The second-order valence-corrected chi connectivity index (χ2v) is 4.87. The molecule has 2 atom stereocenters. The zero-order chi connectivity index (χ0) is 13.2. The van der Waals surface area contributed by atoms with Crippen molar-refractivity contribution in [3.05, 3.63) is 18.3 Å². The van der Waals surface area contributed by atoms with Crippen molar-refractivity contribution < 1.29 is 5.11 Å². The molecule has 1 aliphatic rings. The summed E-state index contributed by atoms with van der Waals surface area (Å²) in [5.74, 6) is 1.50. The van der Waals surface area contributed by atoms with Crippen LogP contribution in [0.3, 0.4) is 0 Å². The molecule has 0 amide bonds. The predicted molar refractivity (Wildman–Crippen MR) is 72.9 cm³/mol. The minimum absolute atomic E-state index is 0.241. The van der Waals surface area contributed by atoms with Gasteiger partial charge in [0.1, 0.15) is 11.6 Å². The van der Waals surface area contributed by atoms with Crippen molar-refractivity contribution in [1.29, 1.82) is 0 Å². The molecule has 19 heavy (non-hydrogen) atoms. The average Bonchev–Trinajstić information content (AvgIpc) is 2.87. The first-order valence-electron chi connectivity index (χ1n) is 6.47. The van der Waals surface area contributed by atoms with Crippen molar-refractivity contribution in [2.24, 2.45) is 5.92 Å². The summed E-state index contributed by atoms with van der Waals surface area (Å²) in [4.78, 5) is 4.42. The number of hydrogen-bond donors (Lipinski definition) is 4. The number of aliphatic hydroxyl groups is 1. The Hall–Kier alpha value is -1.86. The van der Waals surface area contributed by atoms with E-state index in [1.165, 1.54) is 0 Å². The fourth-order valence-corrected chi connectivity index (χ4v) is 2.40. The van der Waals surface area contributed by atoms with Crippen LogP contribution in [0.1, 0.15) is 6.42 Å². The van der Waals surface area contributed by atoms with Gasteiger partial charge in [0.2, 0.25) is 0 Å². The first-order chi connectivity index (χ1) is 9.24. The highest BCUT2D eigenvalue weighted by atomic mass is 16.3. The molecule has 0 aromatic carbocycles. The van der Waals surface area contributed by atoms with Crippen LogP contribution in [0.4, 0.5) is 11.6 Å². The van der Waals surface area contributed by atoms with Gasteiger partial charge in [0.25, 0.3) is 0 Å². The Morgan fingerprint density at radius 3 is 3.32 bits per heavy atom. The Bertz CT molecular complexity index is 568. The maximum atomic E-state index is 9.88. The van der Waals surface area contributed by atoms with E-state index in [-0.39, 0.29) is 12.0 Å². The highest BCUT2D eigenvalue weighted by Crippen LogP contribution is 2.16. The van der Waals surface area contributed by atoms with Crippen LogP contribution in [0.5, 0.6) is 0 Å². The third-order valence-corrected chi connectivity index (χ3v) is 3.52. The number of hydrogen-bond acceptors (Lipinski definition) is 6. The Kier molecular flexibility index (Phi) is 3.22. The molecule has 1 fully saturated rings. The maximum absolute atomic E-state index is 9.88. The number of aliphatic hydroxyl groups excluding tert-OH is 1. The molecule has 102 valence electrons. The van der Waals surface area contributed by atoms with Crippen LogP contribution in [0.25, 0.3) is 5.65 Å². The van der Waals surface area contributed by atoms with E-state index in [9.17, 15) is 5.11 Å². The van der Waals surface area contributed by atoms with Crippen molar-refractivity contribution >= 4 is 17.3 Å². The number of fused-ring (bicyclic) bond motifs is 1. The smallest absolute Gasteiger partial charge is 0.159 e. The summed E-state index contributed by atoms with van der Waals surface area (Å²) in [6, 6.07) is 3.56. The van der Waals surface area contributed by atoms with Gasteiger partial charge in [-0.3, -0.25) is 0 Å². The molecule has 0 radical (unpaired) electrons. The lowest BCUT2D eigenvalue weighted by molar-refractivity contribution is 0.0883. The van der Waals surface area contributed by atoms with E-state index in [1.54, 1.807) is 22.8 Å². The normalized spacial score (nSPS) is 23.6. The topological polar surface area (TPSA) is 100 Å². The molecule has 3 heterocycles. The van der Waals surface area contributed by atoms with E-state index in [1.807, 2.05) is 0 Å². The highest BCUT2D eigenvalue weighted by Gasteiger charge is 2.22. The molecule has 5 N–H and O–H groups in total. The standard InChI is InChI=1S/C12H18N6O/c13-10-5-11(17-12-2-4-16-18(10)12)15-6-8-1-3-14-7-9(8)19/h2,4-5,8-9,14,19H,1,3,6-7,13H2,(H,15,17)/t8-,9+/m1/s1. The van der Waals surface area contributed by atoms with Crippen LogP contribution in [-0.2, 0) is 0 Å². The third kappa shape index (κ3) is 2.47. The van der Waals surface area contributed by atoms with E-state index < -0.39 is 0 Å². The molecular weight excluding hydrogens is 244 g/mol. The van der Waals surface area contributed by atoms with E-state index in [0.717, 1.165) is 18.8 Å². The van der Waals surface area contributed by atoms with Crippen molar-refractivity contribution in [3.63, 3.8) is 0 Å². The summed E-state index contributed by atoms with van der Waals surface area (Å²) >= 11 is 0. The summed E-state index contributed by atoms with van der Waals surface area (Å²) in [6.45, 7) is 2.30. The molecule has 1 aliphatic heterocycles. The van der Waals surface area contributed by atoms with Gasteiger partial charge in [-0.1, -0.05) is 0 Å². The zero-order valence-corrected chi connectivity index (χ0v) is 10.6. The van der Waals surface area contributed by atoms with E-state index in [4.69, 9.17) is 5.73 Å². The van der Waals surface area contributed by atoms with Gasteiger partial charge in [-0.05, 0) is 13.0 Å². The van der Waals surface area contributed by atoms with Crippen LogP contribution < -0.4 is 16.4 Å². The fourth-order valence-electron chi connectivity index (χ4n) is 2.40. The lowest BCUT2D eigenvalue weighted by atomic mass is 9.95. The van der Waals surface area contributed by atoms with Crippen LogP contribution in [0, 0.1) is 5.92 Å². The number of nitrogen functional groups attached to an aromatic ring is 1. The summed E-state index contributed by atoms with van der Waals surface area (Å²) in [5.41, 5.74) is 6.61. The Balaban J connectivity index is 1.71. The van der Waals surface area contributed by atoms with Crippen LogP contribution in [0.2, 0.25) is 0 Å². The van der Waals surface area contributed by atoms with E-state index >= 15 is 0 Å². The van der Waals surface area contributed by atoms with Gasteiger partial charge in [0.05, 0.1) is 12.3 Å². The number of rotatable bonds is 3. The number of β-amino-alcohol motifs (C(OH)–C–C–N with tert-alkyl or cyclic N) is 1. The number of nitrogens with two attached hydrogens (primary N) is 1. The summed E-state index contributed by atoms with van der Waals surface area (Å²) < 4.78 is 1.59. The molecule has 0 unspecified atom stereocenters. The SMILES string of the molecule is Nc1cc(NC[C@H]2CCNC[C@@H]2O)nc2ccnn12. The van der Waals surface area contributed by atoms with E-state index in [2.05, 4.69) is 20.7 Å². The Morgan fingerprint density at radius 1 is 1.58 bits per heavy atom. The maximum Gasteiger partial charge on any atom is 0.159 e. The first kappa shape index (κ1) is 12.2. The zero-order valence-electron chi connectivity index (χ0n) is 10.6. The van der Waals surface area contributed by atoms with Crippen LogP contribution in [-0.4, -0.2) is 45.4 Å². The molecule has 7 heteroatoms. The molecule has 2 aromatic rings. The van der Waals surface area contributed by atoms with Gasteiger partial charge < -0.3 is 21.5 Å². The predicted octanol–water partition coefficient (Wildman–Crippen LogP) is -0.306. The second kappa shape index (κ2) is 5.02. The average molecular weight is 262 g/mol. The van der Waals surface area contributed by atoms with Gasteiger partial charge >= 0.3 is 0 Å². The van der Waals surface area contributed by atoms with Gasteiger partial charge in [0.15, 0.2) is 5.65 Å². The molecule has 7 nitrogen and oxygen atoms in total. The molecule has 0 aliphatic carbocycles. The quantitative estimate of drug-likeness (QED) is 0.605. The monoisotopic (exact) mass is 262 g/mol. The summed E-state index contributed by atoms with van der Waals surface area (Å²) in [7, 11) is 0. The van der Waals surface area contributed by atoms with E-state index in [0.29, 0.717) is 24.6 Å².